The molecule has 2 aromatic rings. The van der Waals surface area contributed by atoms with Crippen LogP contribution in [0.25, 0.3) is 0 Å². The number of nitro groups is 1. The maximum atomic E-state index is 10.7. The number of hydrogen-bond acceptors (Lipinski definition) is 4. The van der Waals surface area contributed by atoms with Crippen molar-refractivity contribution in [2.45, 2.75) is 13.0 Å². The highest BCUT2D eigenvalue weighted by Gasteiger charge is 2.13. The molecule has 0 aliphatic carbocycles. The van der Waals surface area contributed by atoms with E-state index in [1.54, 1.807) is 0 Å². The normalized spacial score (nSPS) is 11.8. The Bertz CT molecular complexity index is 584. The van der Waals surface area contributed by atoms with Crippen LogP contribution in [-0.4, -0.2) is 4.92 Å². The second-order valence-electron chi connectivity index (χ2n) is 4.15. The van der Waals surface area contributed by atoms with Crippen molar-refractivity contribution in [1.82, 2.24) is 0 Å². The summed E-state index contributed by atoms with van der Waals surface area (Å²) in [5.41, 5.74) is 7.09. The first-order chi connectivity index (χ1) is 9.08. The van der Waals surface area contributed by atoms with Gasteiger partial charge in [0.1, 0.15) is 11.9 Å². The van der Waals surface area contributed by atoms with E-state index in [2.05, 4.69) is 0 Å². The number of nitrogen functional groups attached to an aromatic ring is 1. The summed E-state index contributed by atoms with van der Waals surface area (Å²) in [5.74, 6) is 0.325. The van der Waals surface area contributed by atoms with E-state index >= 15 is 0 Å². The highest BCUT2D eigenvalue weighted by atomic mass is 16.6. The fourth-order valence-electron chi connectivity index (χ4n) is 1.72. The van der Waals surface area contributed by atoms with Crippen molar-refractivity contribution in [2.75, 3.05) is 5.73 Å². The Morgan fingerprint density at radius 3 is 2.53 bits per heavy atom. The smallest absolute Gasteiger partial charge is 0.273 e. The molecule has 0 bridgehead atoms. The van der Waals surface area contributed by atoms with Crippen molar-refractivity contribution < 1.29 is 9.66 Å². The summed E-state index contributed by atoms with van der Waals surface area (Å²) in [5, 5.41) is 10.7. The summed E-state index contributed by atoms with van der Waals surface area (Å²) in [4.78, 5) is 10.3. The predicted molar refractivity (Wildman–Crippen MR) is 73.0 cm³/mol. The van der Waals surface area contributed by atoms with Crippen LogP contribution >= 0.6 is 0 Å². The second kappa shape index (κ2) is 5.39. The highest BCUT2D eigenvalue weighted by molar-refractivity contribution is 5.57. The van der Waals surface area contributed by atoms with Crippen LogP contribution in [0.15, 0.2) is 48.5 Å². The second-order valence-corrected chi connectivity index (χ2v) is 4.15. The molecule has 2 rings (SSSR count). The lowest BCUT2D eigenvalue weighted by Gasteiger charge is -2.16. The topological polar surface area (TPSA) is 78.4 Å². The third kappa shape index (κ3) is 3.01. The monoisotopic (exact) mass is 258 g/mol. The molecule has 0 spiro atoms. The minimum absolute atomic E-state index is 0.0375. The molecule has 5 heteroatoms. The number of hydrogen-bond donors (Lipinski definition) is 1. The van der Waals surface area contributed by atoms with Crippen LogP contribution in [-0.2, 0) is 0 Å². The summed E-state index contributed by atoms with van der Waals surface area (Å²) in [7, 11) is 0. The molecule has 2 aromatic carbocycles. The van der Waals surface area contributed by atoms with Gasteiger partial charge in [-0.1, -0.05) is 30.3 Å². The van der Waals surface area contributed by atoms with Gasteiger partial charge in [0.05, 0.1) is 16.7 Å². The Morgan fingerprint density at radius 1 is 1.21 bits per heavy atom. The minimum atomic E-state index is -0.473. The van der Waals surface area contributed by atoms with Crippen molar-refractivity contribution in [2.24, 2.45) is 0 Å². The Balaban J connectivity index is 2.23. The predicted octanol–water partition coefficient (Wildman–Crippen LogP) is 3.32. The quantitative estimate of drug-likeness (QED) is 0.518. The molecule has 0 aliphatic rings. The van der Waals surface area contributed by atoms with Crippen LogP contribution in [0.5, 0.6) is 5.75 Å². The van der Waals surface area contributed by atoms with Gasteiger partial charge in [-0.3, -0.25) is 10.1 Å². The lowest BCUT2D eigenvalue weighted by molar-refractivity contribution is -0.384. The zero-order valence-electron chi connectivity index (χ0n) is 10.4. The van der Waals surface area contributed by atoms with E-state index in [4.69, 9.17) is 10.5 Å². The Kier molecular flexibility index (Phi) is 3.66. The molecule has 0 amide bonds. The maximum absolute atomic E-state index is 10.7. The number of nitrogens with zero attached hydrogens (tertiary/aromatic N) is 1. The number of anilines is 1. The van der Waals surface area contributed by atoms with E-state index in [-0.39, 0.29) is 11.8 Å². The number of benzene rings is 2. The fraction of sp³-hybridized carbons (Fsp3) is 0.143. The molecule has 98 valence electrons. The molecule has 0 fully saturated rings. The Hall–Kier alpha value is -2.56. The molecule has 0 aromatic heterocycles. The molecular formula is C14H14N2O3. The van der Waals surface area contributed by atoms with Crippen molar-refractivity contribution in [1.29, 1.82) is 0 Å². The minimum Gasteiger partial charge on any atom is -0.484 e. The largest absolute Gasteiger partial charge is 0.484 e. The first-order valence-corrected chi connectivity index (χ1v) is 5.83. The van der Waals surface area contributed by atoms with Crippen LogP contribution in [0, 0.1) is 10.1 Å². The molecule has 19 heavy (non-hydrogen) atoms. The third-order valence-electron chi connectivity index (χ3n) is 2.78. The number of nitro benzene ring substituents is 1. The van der Waals surface area contributed by atoms with E-state index in [0.717, 1.165) is 5.56 Å². The van der Waals surface area contributed by atoms with Gasteiger partial charge in [0.2, 0.25) is 0 Å². The SMILES string of the molecule is CC(Oc1cc([N+](=O)[O-])ccc1N)c1ccccc1. The van der Waals surface area contributed by atoms with Gasteiger partial charge in [-0.05, 0) is 18.6 Å². The lowest BCUT2D eigenvalue weighted by atomic mass is 10.1. The van der Waals surface area contributed by atoms with Gasteiger partial charge >= 0.3 is 0 Å². The van der Waals surface area contributed by atoms with E-state index in [0.29, 0.717) is 11.4 Å². The van der Waals surface area contributed by atoms with Crippen LogP contribution in [0.2, 0.25) is 0 Å². The Labute approximate surface area is 110 Å². The number of rotatable bonds is 4. The number of non-ortho nitro benzene ring substituents is 1. The molecule has 0 aliphatic heterocycles. The first-order valence-electron chi connectivity index (χ1n) is 5.83. The van der Waals surface area contributed by atoms with Crippen molar-refractivity contribution in [3.05, 3.63) is 64.2 Å². The zero-order chi connectivity index (χ0) is 13.8. The summed E-state index contributed by atoms with van der Waals surface area (Å²) >= 11 is 0. The molecule has 5 nitrogen and oxygen atoms in total. The standard InChI is InChI=1S/C14H14N2O3/c1-10(11-5-3-2-4-6-11)19-14-9-12(16(17)18)7-8-13(14)15/h2-10H,15H2,1H3. The summed E-state index contributed by atoms with van der Waals surface area (Å²) < 4.78 is 5.69. The van der Waals surface area contributed by atoms with E-state index in [1.165, 1.54) is 18.2 Å². The summed E-state index contributed by atoms with van der Waals surface area (Å²) in [6, 6.07) is 13.8. The average molecular weight is 258 g/mol. The van der Waals surface area contributed by atoms with Gasteiger partial charge in [0.25, 0.3) is 5.69 Å². The van der Waals surface area contributed by atoms with Gasteiger partial charge in [0.15, 0.2) is 0 Å². The van der Waals surface area contributed by atoms with Crippen LogP contribution < -0.4 is 10.5 Å². The van der Waals surface area contributed by atoms with Crippen molar-refractivity contribution in [3.63, 3.8) is 0 Å². The maximum Gasteiger partial charge on any atom is 0.273 e. The summed E-state index contributed by atoms with van der Waals surface area (Å²) in [6.45, 7) is 1.87. The number of nitrogens with two attached hydrogens (primary N) is 1. The van der Waals surface area contributed by atoms with Crippen molar-refractivity contribution >= 4 is 11.4 Å². The van der Waals surface area contributed by atoms with Gasteiger partial charge in [-0.25, -0.2) is 0 Å². The van der Waals surface area contributed by atoms with Crippen LogP contribution in [0.3, 0.4) is 0 Å². The van der Waals surface area contributed by atoms with E-state index in [9.17, 15) is 10.1 Å². The molecule has 0 heterocycles. The number of ether oxygens (including phenoxy) is 1. The van der Waals surface area contributed by atoms with Gasteiger partial charge in [-0.2, -0.15) is 0 Å². The molecule has 1 unspecified atom stereocenters. The van der Waals surface area contributed by atoms with E-state index in [1.807, 2.05) is 37.3 Å². The molecule has 2 N–H and O–H groups in total. The van der Waals surface area contributed by atoms with Crippen LogP contribution in [0.4, 0.5) is 11.4 Å². The highest BCUT2D eigenvalue weighted by Crippen LogP contribution is 2.30. The van der Waals surface area contributed by atoms with E-state index < -0.39 is 4.92 Å². The van der Waals surface area contributed by atoms with Gasteiger partial charge in [-0.15, -0.1) is 0 Å². The Morgan fingerprint density at radius 2 is 1.89 bits per heavy atom. The van der Waals surface area contributed by atoms with Crippen LogP contribution in [0.1, 0.15) is 18.6 Å². The fourth-order valence-corrected chi connectivity index (χ4v) is 1.72. The molecule has 0 saturated heterocycles. The molecule has 0 radical (unpaired) electrons. The van der Waals surface area contributed by atoms with Crippen molar-refractivity contribution in [3.8, 4) is 5.75 Å². The van der Waals surface area contributed by atoms with Gasteiger partial charge < -0.3 is 10.5 Å². The lowest BCUT2D eigenvalue weighted by Crippen LogP contribution is -2.05. The summed E-state index contributed by atoms with van der Waals surface area (Å²) in [6.07, 6.45) is -0.231. The third-order valence-corrected chi connectivity index (χ3v) is 2.78. The van der Waals surface area contributed by atoms with Gasteiger partial charge in [0, 0.05) is 6.07 Å². The zero-order valence-corrected chi connectivity index (χ0v) is 10.4. The molecule has 1 atom stereocenters. The molecular weight excluding hydrogens is 244 g/mol. The average Bonchev–Trinajstić information content (AvgIpc) is 2.42. The first kappa shape index (κ1) is 12.9. The molecule has 0 saturated carbocycles.